The number of urea groups is 1. The van der Waals surface area contributed by atoms with Crippen LogP contribution < -0.4 is 20.1 Å². The van der Waals surface area contributed by atoms with Crippen molar-refractivity contribution in [2.75, 3.05) is 26.1 Å². The van der Waals surface area contributed by atoms with Gasteiger partial charge in [-0.2, -0.15) is 0 Å². The van der Waals surface area contributed by atoms with Crippen LogP contribution in [0.15, 0.2) is 36.4 Å². The van der Waals surface area contributed by atoms with Gasteiger partial charge in [-0.25, -0.2) is 9.78 Å². The number of fused-ring (bicyclic) bond motifs is 1. The summed E-state index contributed by atoms with van der Waals surface area (Å²) in [6, 6.07) is 11.1. The lowest BCUT2D eigenvalue weighted by atomic mass is 10.0. The Hall–Kier alpha value is -3.22. The van der Waals surface area contributed by atoms with E-state index in [4.69, 9.17) is 9.47 Å². The Balaban J connectivity index is 2.01. The molecule has 1 aromatic heterocycles. The van der Waals surface area contributed by atoms with E-state index in [1.165, 1.54) is 0 Å². The number of anilines is 1. The molecule has 0 spiro atoms. The highest BCUT2D eigenvalue weighted by Gasteiger charge is 2.14. The quantitative estimate of drug-likeness (QED) is 0.664. The predicted molar refractivity (Wildman–Crippen MR) is 97.3 cm³/mol. The standard InChI is InChI=1S/C18H20N4O3/c1-4-19-18(23)22-17-20-12-9-8-11(10-13(12)21-17)16-14(24-2)6-5-7-15(16)25-3/h5-10H,4H2,1-3H3,(H3,19,20,21,22,23). The van der Waals surface area contributed by atoms with Gasteiger partial charge in [-0.15, -0.1) is 0 Å². The second-order valence-corrected chi connectivity index (χ2v) is 5.34. The molecule has 3 aromatic rings. The van der Waals surface area contributed by atoms with Crippen LogP contribution in [0.4, 0.5) is 10.7 Å². The maximum Gasteiger partial charge on any atom is 0.321 e. The van der Waals surface area contributed by atoms with Gasteiger partial charge in [-0.3, -0.25) is 5.32 Å². The number of aromatic nitrogens is 2. The highest BCUT2D eigenvalue weighted by Crippen LogP contribution is 2.39. The predicted octanol–water partition coefficient (Wildman–Crippen LogP) is 3.39. The normalized spacial score (nSPS) is 10.5. The molecule has 130 valence electrons. The van der Waals surface area contributed by atoms with Crippen molar-refractivity contribution in [3.05, 3.63) is 36.4 Å². The van der Waals surface area contributed by atoms with Crippen molar-refractivity contribution < 1.29 is 14.3 Å². The molecule has 0 bridgehead atoms. The fraction of sp³-hybridized carbons (Fsp3) is 0.222. The summed E-state index contributed by atoms with van der Waals surface area (Å²) in [6.07, 6.45) is 0. The number of nitrogens with one attached hydrogen (secondary N) is 3. The molecule has 2 aromatic carbocycles. The van der Waals surface area contributed by atoms with Crippen LogP contribution in [0.25, 0.3) is 22.2 Å². The van der Waals surface area contributed by atoms with Gasteiger partial charge in [-0.05, 0) is 36.8 Å². The zero-order chi connectivity index (χ0) is 17.8. The molecule has 1 heterocycles. The van der Waals surface area contributed by atoms with Crippen LogP contribution in [0.3, 0.4) is 0 Å². The summed E-state index contributed by atoms with van der Waals surface area (Å²) in [4.78, 5) is 19.1. The van der Waals surface area contributed by atoms with Crippen molar-refractivity contribution in [3.8, 4) is 22.6 Å². The average Bonchev–Trinajstić information content (AvgIpc) is 3.02. The lowest BCUT2D eigenvalue weighted by molar-refractivity contribution is 0.252. The molecule has 0 unspecified atom stereocenters. The summed E-state index contributed by atoms with van der Waals surface area (Å²) in [5.41, 5.74) is 3.35. The zero-order valence-corrected chi connectivity index (χ0v) is 14.3. The Morgan fingerprint density at radius 3 is 2.52 bits per heavy atom. The monoisotopic (exact) mass is 340 g/mol. The number of imidazole rings is 1. The van der Waals surface area contributed by atoms with Crippen LogP contribution in [0.5, 0.6) is 11.5 Å². The molecule has 0 aliphatic heterocycles. The number of ether oxygens (including phenoxy) is 2. The van der Waals surface area contributed by atoms with Crippen LogP contribution >= 0.6 is 0 Å². The van der Waals surface area contributed by atoms with Gasteiger partial charge in [0.2, 0.25) is 5.95 Å². The van der Waals surface area contributed by atoms with E-state index in [1.54, 1.807) is 14.2 Å². The van der Waals surface area contributed by atoms with Gasteiger partial charge in [0, 0.05) is 6.54 Å². The first-order valence-electron chi connectivity index (χ1n) is 7.92. The Bertz CT molecular complexity index is 882. The lowest BCUT2D eigenvalue weighted by Crippen LogP contribution is -2.28. The molecule has 7 nitrogen and oxygen atoms in total. The molecule has 0 saturated carbocycles. The summed E-state index contributed by atoms with van der Waals surface area (Å²) in [7, 11) is 3.25. The van der Waals surface area contributed by atoms with Crippen molar-refractivity contribution in [3.63, 3.8) is 0 Å². The van der Waals surface area contributed by atoms with Gasteiger partial charge in [0.1, 0.15) is 11.5 Å². The number of benzene rings is 2. The Morgan fingerprint density at radius 2 is 1.88 bits per heavy atom. The molecule has 0 fully saturated rings. The Kier molecular flexibility index (Phi) is 4.74. The largest absolute Gasteiger partial charge is 0.496 e. The minimum atomic E-state index is -0.298. The summed E-state index contributed by atoms with van der Waals surface area (Å²) in [6.45, 7) is 2.40. The third kappa shape index (κ3) is 3.35. The van der Waals surface area contributed by atoms with E-state index in [0.29, 0.717) is 12.5 Å². The first kappa shape index (κ1) is 16.6. The molecule has 2 amide bonds. The number of amides is 2. The molecular weight excluding hydrogens is 320 g/mol. The molecule has 0 atom stereocenters. The number of hydrogen-bond acceptors (Lipinski definition) is 4. The fourth-order valence-corrected chi connectivity index (χ4v) is 2.67. The molecule has 25 heavy (non-hydrogen) atoms. The topological polar surface area (TPSA) is 88.3 Å². The highest BCUT2D eigenvalue weighted by atomic mass is 16.5. The number of carbonyl (C=O) groups excluding carboxylic acids is 1. The number of hydrogen-bond donors (Lipinski definition) is 3. The van der Waals surface area contributed by atoms with E-state index in [9.17, 15) is 4.79 Å². The van der Waals surface area contributed by atoms with Crippen LogP contribution in [0, 0.1) is 0 Å². The number of H-pyrrole nitrogens is 1. The van der Waals surface area contributed by atoms with Crippen molar-refractivity contribution in [2.45, 2.75) is 6.92 Å². The Labute approximate surface area is 145 Å². The number of carbonyl (C=O) groups is 1. The maximum absolute atomic E-state index is 11.6. The molecule has 3 N–H and O–H groups in total. The van der Waals surface area contributed by atoms with E-state index >= 15 is 0 Å². The third-order valence-electron chi connectivity index (χ3n) is 3.77. The number of nitrogens with zero attached hydrogens (tertiary/aromatic N) is 1. The molecule has 0 aliphatic carbocycles. The second kappa shape index (κ2) is 7.12. The van der Waals surface area contributed by atoms with Crippen LogP contribution in [0.1, 0.15) is 6.92 Å². The lowest BCUT2D eigenvalue weighted by Gasteiger charge is -2.13. The molecule has 0 aliphatic rings. The number of rotatable bonds is 5. The van der Waals surface area contributed by atoms with Gasteiger partial charge < -0.3 is 19.8 Å². The van der Waals surface area contributed by atoms with E-state index in [1.807, 2.05) is 43.3 Å². The van der Waals surface area contributed by atoms with Gasteiger partial charge in [0.25, 0.3) is 0 Å². The Morgan fingerprint density at radius 1 is 1.16 bits per heavy atom. The van der Waals surface area contributed by atoms with Crippen molar-refractivity contribution in [1.29, 1.82) is 0 Å². The summed E-state index contributed by atoms with van der Waals surface area (Å²) in [5, 5.41) is 5.33. The maximum atomic E-state index is 11.6. The second-order valence-electron chi connectivity index (χ2n) is 5.34. The van der Waals surface area contributed by atoms with Gasteiger partial charge in [0.05, 0.1) is 30.8 Å². The third-order valence-corrected chi connectivity index (χ3v) is 3.77. The SMILES string of the molecule is CCNC(=O)Nc1nc2ccc(-c3c(OC)cccc3OC)cc2[nH]1. The summed E-state index contributed by atoms with van der Waals surface area (Å²) in [5.74, 6) is 1.84. The summed E-state index contributed by atoms with van der Waals surface area (Å²) < 4.78 is 10.9. The molecule has 7 heteroatoms. The first-order valence-corrected chi connectivity index (χ1v) is 7.92. The van der Waals surface area contributed by atoms with Gasteiger partial charge >= 0.3 is 6.03 Å². The first-order chi connectivity index (χ1) is 12.2. The smallest absolute Gasteiger partial charge is 0.321 e. The fourth-order valence-electron chi connectivity index (χ4n) is 2.67. The van der Waals surface area contributed by atoms with Crippen LogP contribution in [-0.4, -0.2) is 36.8 Å². The summed E-state index contributed by atoms with van der Waals surface area (Å²) >= 11 is 0. The van der Waals surface area contributed by atoms with Crippen LogP contribution in [0.2, 0.25) is 0 Å². The minimum Gasteiger partial charge on any atom is -0.496 e. The zero-order valence-electron chi connectivity index (χ0n) is 14.3. The van der Waals surface area contributed by atoms with Gasteiger partial charge in [0.15, 0.2) is 0 Å². The minimum absolute atomic E-state index is 0.298. The van der Waals surface area contributed by atoms with Gasteiger partial charge in [-0.1, -0.05) is 12.1 Å². The molecule has 0 saturated heterocycles. The van der Waals surface area contributed by atoms with Crippen molar-refractivity contribution in [2.24, 2.45) is 0 Å². The number of aromatic amines is 1. The number of methoxy groups -OCH3 is 2. The van der Waals surface area contributed by atoms with E-state index < -0.39 is 0 Å². The highest BCUT2D eigenvalue weighted by molar-refractivity contribution is 5.91. The van der Waals surface area contributed by atoms with E-state index in [0.717, 1.165) is 33.7 Å². The van der Waals surface area contributed by atoms with Crippen LogP contribution in [-0.2, 0) is 0 Å². The molecule has 0 radical (unpaired) electrons. The molecular formula is C18H20N4O3. The van der Waals surface area contributed by atoms with Crippen molar-refractivity contribution >= 4 is 23.0 Å². The van der Waals surface area contributed by atoms with Crippen molar-refractivity contribution in [1.82, 2.24) is 15.3 Å². The van der Waals surface area contributed by atoms with E-state index in [2.05, 4.69) is 20.6 Å². The molecule has 3 rings (SSSR count). The van der Waals surface area contributed by atoms with E-state index in [-0.39, 0.29) is 6.03 Å². The average molecular weight is 340 g/mol.